The summed E-state index contributed by atoms with van der Waals surface area (Å²) in [6, 6.07) is 3.46. The molecule has 1 unspecified atom stereocenters. The van der Waals surface area contributed by atoms with Crippen molar-refractivity contribution in [3.05, 3.63) is 35.4 Å². The molecule has 1 aromatic carbocycles. The van der Waals surface area contributed by atoms with Crippen molar-refractivity contribution in [1.82, 2.24) is 0 Å². The topological polar surface area (TPSA) is 43.1 Å². The maximum absolute atomic E-state index is 13.4. The Morgan fingerprint density at radius 3 is 2.39 bits per heavy atom. The molecule has 100 valence electrons. The van der Waals surface area contributed by atoms with Gasteiger partial charge in [-0.05, 0) is 37.4 Å². The number of Topliss-reactive ketones (excluding diaryl/α,β-unsaturated/α-hetero) is 1. The molecule has 0 aliphatic rings. The van der Waals surface area contributed by atoms with E-state index >= 15 is 0 Å². The number of carbonyl (C=O) groups excluding carboxylic acids is 1. The maximum atomic E-state index is 13.4. The van der Waals surface area contributed by atoms with Gasteiger partial charge in [-0.3, -0.25) is 4.79 Å². The number of hydrogen-bond acceptors (Lipinski definition) is 2. The molecule has 1 rings (SSSR count). The quantitative estimate of drug-likeness (QED) is 0.760. The molecule has 18 heavy (non-hydrogen) atoms. The number of ketones is 1. The number of carbonyl (C=O) groups is 1. The first-order valence-electron chi connectivity index (χ1n) is 6.27. The first kappa shape index (κ1) is 14.8. The zero-order chi connectivity index (χ0) is 13.5. The predicted octanol–water partition coefficient (Wildman–Crippen LogP) is 3.30. The molecule has 0 amide bonds. The fourth-order valence-corrected chi connectivity index (χ4v) is 2.01. The first-order valence-corrected chi connectivity index (χ1v) is 6.27. The van der Waals surface area contributed by atoms with E-state index in [9.17, 15) is 13.6 Å². The molecule has 0 aliphatic carbocycles. The van der Waals surface area contributed by atoms with E-state index in [-0.39, 0.29) is 6.42 Å². The molecule has 0 fully saturated rings. The third kappa shape index (κ3) is 3.88. The third-order valence-corrected chi connectivity index (χ3v) is 3.17. The molecular weight excluding hydrogens is 236 g/mol. The minimum Gasteiger partial charge on any atom is -0.330 e. The lowest BCUT2D eigenvalue weighted by Crippen LogP contribution is -2.12. The van der Waals surface area contributed by atoms with Crippen LogP contribution < -0.4 is 5.73 Å². The molecule has 0 saturated carbocycles. The van der Waals surface area contributed by atoms with E-state index in [1.807, 2.05) is 6.92 Å². The summed E-state index contributed by atoms with van der Waals surface area (Å²) in [6.07, 6.45) is 2.55. The van der Waals surface area contributed by atoms with Crippen molar-refractivity contribution in [2.45, 2.75) is 32.6 Å². The van der Waals surface area contributed by atoms with Gasteiger partial charge in [0.2, 0.25) is 0 Å². The van der Waals surface area contributed by atoms with Gasteiger partial charge >= 0.3 is 0 Å². The highest BCUT2D eigenvalue weighted by atomic mass is 19.1. The van der Waals surface area contributed by atoms with Gasteiger partial charge in [-0.15, -0.1) is 0 Å². The summed E-state index contributed by atoms with van der Waals surface area (Å²) < 4.78 is 26.7. The van der Waals surface area contributed by atoms with Crippen LogP contribution in [0.2, 0.25) is 0 Å². The second-order valence-electron chi connectivity index (χ2n) is 4.41. The van der Waals surface area contributed by atoms with Crippen molar-refractivity contribution < 1.29 is 13.6 Å². The minimum absolute atomic E-state index is 0.163. The van der Waals surface area contributed by atoms with Gasteiger partial charge in [-0.1, -0.05) is 19.4 Å². The van der Waals surface area contributed by atoms with E-state index in [0.717, 1.165) is 25.0 Å². The zero-order valence-corrected chi connectivity index (χ0v) is 10.6. The van der Waals surface area contributed by atoms with Crippen LogP contribution in [-0.2, 0) is 0 Å². The summed E-state index contributed by atoms with van der Waals surface area (Å²) in [5.41, 5.74) is 5.05. The van der Waals surface area contributed by atoms with Crippen molar-refractivity contribution in [1.29, 1.82) is 0 Å². The highest BCUT2D eigenvalue weighted by Gasteiger charge is 2.18. The van der Waals surface area contributed by atoms with Gasteiger partial charge in [-0.2, -0.15) is 0 Å². The van der Waals surface area contributed by atoms with Crippen LogP contribution >= 0.6 is 0 Å². The van der Waals surface area contributed by atoms with Crippen molar-refractivity contribution in [2.75, 3.05) is 6.54 Å². The van der Waals surface area contributed by atoms with E-state index < -0.39 is 23.0 Å². The Morgan fingerprint density at radius 2 is 1.89 bits per heavy atom. The van der Waals surface area contributed by atoms with Crippen LogP contribution in [0, 0.1) is 17.6 Å². The molecule has 2 N–H and O–H groups in total. The Kier molecular flexibility index (Phi) is 5.92. The van der Waals surface area contributed by atoms with Crippen LogP contribution in [0.3, 0.4) is 0 Å². The molecule has 0 bridgehead atoms. The molecule has 1 aromatic rings. The molecule has 0 aliphatic heterocycles. The van der Waals surface area contributed by atoms with Gasteiger partial charge in [-0.25, -0.2) is 8.78 Å². The van der Waals surface area contributed by atoms with Gasteiger partial charge in [0, 0.05) is 6.42 Å². The van der Waals surface area contributed by atoms with Gasteiger partial charge in [0.05, 0.1) is 5.56 Å². The third-order valence-electron chi connectivity index (χ3n) is 3.17. The Bertz CT molecular complexity index is 387. The van der Waals surface area contributed by atoms with Crippen LogP contribution in [0.25, 0.3) is 0 Å². The highest BCUT2D eigenvalue weighted by Crippen LogP contribution is 2.19. The number of halogens is 2. The highest BCUT2D eigenvalue weighted by molar-refractivity contribution is 5.96. The average molecular weight is 255 g/mol. The van der Waals surface area contributed by atoms with Crippen LogP contribution in [0.15, 0.2) is 18.2 Å². The van der Waals surface area contributed by atoms with E-state index in [2.05, 4.69) is 0 Å². The Labute approximate surface area is 106 Å². The number of benzene rings is 1. The van der Waals surface area contributed by atoms with Crippen molar-refractivity contribution in [3.8, 4) is 0 Å². The number of nitrogens with two attached hydrogens (primary N) is 1. The fourth-order valence-electron chi connectivity index (χ4n) is 2.01. The molecule has 0 saturated heterocycles. The summed E-state index contributed by atoms with van der Waals surface area (Å²) in [6.45, 7) is 2.59. The van der Waals surface area contributed by atoms with Crippen molar-refractivity contribution in [2.24, 2.45) is 11.7 Å². The van der Waals surface area contributed by atoms with E-state index in [4.69, 9.17) is 5.73 Å². The summed E-state index contributed by atoms with van der Waals surface area (Å²) in [5.74, 6) is -1.70. The minimum atomic E-state index is -0.785. The zero-order valence-electron chi connectivity index (χ0n) is 10.6. The number of hydrogen-bond donors (Lipinski definition) is 1. The summed E-state index contributed by atoms with van der Waals surface area (Å²) in [5, 5.41) is 0. The Balaban J connectivity index is 2.65. The summed E-state index contributed by atoms with van der Waals surface area (Å²) in [7, 11) is 0. The van der Waals surface area contributed by atoms with Gasteiger partial charge in [0.25, 0.3) is 0 Å². The van der Waals surface area contributed by atoms with E-state index in [1.54, 1.807) is 0 Å². The lowest BCUT2D eigenvalue weighted by atomic mass is 9.93. The van der Waals surface area contributed by atoms with Crippen molar-refractivity contribution in [3.63, 3.8) is 0 Å². The molecule has 0 heterocycles. The SMILES string of the molecule is CCC(CCN)CCC(=O)c1c(F)cccc1F. The summed E-state index contributed by atoms with van der Waals surface area (Å²) >= 11 is 0. The normalized spacial score (nSPS) is 12.4. The standard InChI is InChI=1S/C14H19F2NO/c1-2-10(8-9-17)6-7-13(18)14-11(15)4-3-5-12(14)16/h3-5,10H,2,6-9,17H2,1H3. The van der Waals surface area contributed by atoms with Crippen LogP contribution in [-0.4, -0.2) is 12.3 Å². The smallest absolute Gasteiger partial charge is 0.168 e. The van der Waals surface area contributed by atoms with Crippen LogP contribution in [0.5, 0.6) is 0 Å². The van der Waals surface area contributed by atoms with E-state index in [0.29, 0.717) is 18.9 Å². The lowest BCUT2D eigenvalue weighted by molar-refractivity contribution is 0.0964. The molecule has 1 atom stereocenters. The molecule has 2 nitrogen and oxygen atoms in total. The Hall–Kier alpha value is -1.29. The molecular formula is C14H19F2NO. The van der Waals surface area contributed by atoms with Gasteiger partial charge in [0.15, 0.2) is 5.78 Å². The number of rotatable bonds is 7. The van der Waals surface area contributed by atoms with E-state index in [1.165, 1.54) is 6.07 Å². The largest absolute Gasteiger partial charge is 0.330 e. The Morgan fingerprint density at radius 1 is 1.28 bits per heavy atom. The average Bonchev–Trinajstić information content (AvgIpc) is 2.34. The molecule has 0 radical (unpaired) electrons. The lowest BCUT2D eigenvalue weighted by Gasteiger charge is -2.13. The first-order chi connectivity index (χ1) is 8.60. The predicted molar refractivity (Wildman–Crippen MR) is 67.4 cm³/mol. The second kappa shape index (κ2) is 7.21. The monoisotopic (exact) mass is 255 g/mol. The second-order valence-corrected chi connectivity index (χ2v) is 4.41. The summed E-state index contributed by atoms with van der Waals surface area (Å²) in [4.78, 5) is 11.8. The van der Waals surface area contributed by atoms with Crippen LogP contribution in [0.4, 0.5) is 8.78 Å². The van der Waals surface area contributed by atoms with Gasteiger partial charge < -0.3 is 5.73 Å². The molecule has 4 heteroatoms. The molecule has 0 aromatic heterocycles. The van der Waals surface area contributed by atoms with Crippen LogP contribution in [0.1, 0.15) is 43.0 Å². The fraction of sp³-hybridized carbons (Fsp3) is 0.500. The van der Waals surface area contributed by atoms with Crippen molar-refractivity contribution >= 4 is 5.78 Å². The molecule has 0 spiro atoms. The van der Waals surface area contributed by atoms with Gasteiger partial charge in [0.1, 0.15) is 11.6 Å². The maximum Gasteiger partial charge on any atom is 0.168 e.